The molecule has 0 bridgehead atoms. The van der Waals surface area contributed by atoms with Crippen molar-refractivity contribution in [1.29, 1.82) is 0 Å². The van der Waals surface area contributed by atoms with Crippen molar-refractivity contribution < 1.29 is 27.7 Å². The molecule has 1 aromatic heterocycles. The van der Waals surface area contributed by atoms with Crippen LogP contribution >= 0.6 is 0 Å². The molecule has 122 valence electrons. The first-order valence-electron chi connectivity index (χ1n) is 6.74. The Morgan fingerprint density at radius 2 is 2.18 bits per heavy atom. The highest BCUT2D eigenvalue weighted by atomic mass is 32.2. The van der Waals surface area contributed by atoms with Gasteiger partial charge in [-0.25, -0.2) is 9.78 Å². The molecule has 0 spiro atoms. The second-order valence-corrected chi connectivity index (χ2v) is 7.01. The number of aliphatic carboxylic acids is 1. The Hall–Kier alpha value is -1.94. The van der Waals surface area contributed by atoms with Crippen molar-refractivity contribution in [2.24, 2.45) is 5.92 Å². The molecule has 22 heavy (non-hydrogen) atoms. The minimum atomic E-state index is -4.17. The third-order valence-corrected chi connectivity index (χ3v) is 5.03. The summed E-state index contributed by atoms with van der Waals surface area (Å²) in [5.41, 5.74) is 0.495. The highest BCUT2D eigenvalue weighted by Crippen LogP contribution is 2.30. The molecule has 10 heteroatoms. The smallest absolute Gasteiger partial charge is 0.326 e. The predicted octanol–water partition coefficient (Wildman–Crippen LogP) is -0.422. The quantitative estimate of drug-likeness (QED) is 0.517. The van der Waals surface area contributed by atoms with Gasteiger partial charge in [0.2, 0.25) is 5.91 Å². The lowest BCUT2D eigenvalue weighted by atomic mass is 10.1. The van der Waals surface area contributed by atoms with Crippen molar-refractivity contribution in [3.05, 3.63) is 18.2 Å². The van der Waals surface area contributed by atoms with Crippen LogP contribution in [-0.2, 0) is 26.1 Å². The highest BCUT2D eigenvalue weighted by Gasteiger charge is 2.37. The van der Waals surface area contributed by atoms with Gasteiger partial charge in [0, 0.05) is 18.5 Å². The number of carboxylic acid groups (broad SMARTS) is 1. The van der Waals surface area contributed by atoms with Gasteiger partial charge in [0.1, 0.15) is 6.04 Å². The maximum absolute atomic E-state index is 12.1. The molecule has 4 N–H and O–H groups in total. The molecule has 0 radical (unpaired) electrons. The number of carbonyl (C=O) groups is 2. The van der Waals surface area contributed by atoms with Crippen LogP contribution in [0, 0.1) is 5.92 Å². The van der Waals surface area contributed by atoms with Crippen LogP contribution in [0.25, 0.3) is 0 Å². The van der Waals surface area contributed by atoms with Crippen LogP contribution in [-0.4, -0.2) is 51.2 Å². The molecule has 0 aliphatic heterocycles. The zero-order chi connectivity index (χ0) is 16.3. The van der Waals surface area contributed by atoms with Gasteiger partial charge in [-0.15, -0.1) is 0 Å². The summed E-state index contributed by atoms with van der Waals surface area (Å²) in [6.45, 7) is 0. The minimum absolute atomic E-state index is 0.000585. The highest BCUT2D eigenvalue weighted by molar-refractivity contribution is 7.86. The Bertz CT molecular complexity index is 642. The fourth-order valence-corrected chi connectivity index (χ4v) is 3.46. The zero-order valence-corrected chi connectivity index (χ0v) is 12.4. The number of hydrogen-bond donors (Lipinski definition) is 4. The second-order valence-electron chi connectivity index (χ2n) is 5.31. The summed E-state index contributed by atoms with van der Waals surface area (Å²) in [6, 6.07) is -1.14. The fraction of sp³-hybridized carbons (Fsp3) is 0.583. The summed E-state index contributed by atoms with van der Waals surface area (Å²) in [6.07, 6.45) is 3.45. The number of rotatable bonds is 6. The van der Waals surface area contributed by atoms with Gasteiger partial charge in [-0.05, 0) is 19.3 Å². The molecule has 3 atom stereocenters. The SMILES string of the molecule is O=C(N[C@@H](Cc1c[nH]cn1)C(=O)O)C1CCC(S(=O)(=O)O)C1. The van der Waals surface area contributed by atoms with Crippen LogP contribution in [0.1, 0.15) is 25.0 Å². The van der Waals surface area contributed by atoms with Crippen molar-refractivity contribution in [1.82, 2.24) is 15.3 Å². The molecule has 1 heterocycles. The molecule has 2 rings (SSSR count). The van der Waals surface area contributed by atoms with Crippen LogP contribution in [0.5, 0.6) is 0 Å². The average molecular weight is 331 g/mol. The molecule has 0 saturated heterocycles. The lowest BCUT2D eigenvalue weighted by Crippen LogP contribution is -2.44. The number of H-pyrrole nitrogens is 1. The van der Waals surface area contributed by atoms with Gasteiger partial charge < -0.3 is 15.4 Å². The van der Waals surface area contributed by atoms with Crippen molar-refractivity contribution in [2.75, 3.05) is 0 Å². The standard InChI is InChI=1S/C12H17N3O6S/c16-11(7-1-2-9(3-7)22(19,20)21)15-10(12(17)18)4-8-5-13-6-14-8/h5-7,9-10H,1-4H2,(H,13,14)(H,15,16)(H,17,18)(H,19,20,21)/t7?,9?,10-/m0/s1. The molecule has 1 aliphatic carbocycles. The van der Waals surface area contributed by atoms with E-state index >= 15 is 0 Å². The maximum atomic E-state index is 12.1. The number of nitrogens with zero attached hydrogens (tertiary/aromatic N) is 1. The van der Waals surface area contributed by atoms with E-state index in [1.165, 1.54) is 12.5 Å². The van der Waals surface area contributed by atoms with Crippen LogP contribution < -0.4 is 5.32 Å². The number of carboxylic acids is 1. The van der Waals surface area contributed by atoms with Crippen molar-refractivity contribution >= 4 is 22.0 Å². The van der Waals surface area contributed by atoms with E-state index in [2.05, 4.69) is 15.3 Å². The van der Waals surface area contributed by atoms with Crippen LogP contribution in [0.15, 0.2) is 12.5 Å². The third kappa shape index (κ3) is 4.04. The number of aromatic nitrogens is 2. The van der Waals surface area contributed by atoms with E-state index in [1.807, 2.05) is 0 Å². The Balaban J connectivity index is 1.96. The monoisotopic (exact) mass is 331 g/mol. The van der Waals surface area contributed by atoms with E-state index in [-0.39, 0.29) is 19.3 Å². The molecule has 1 aromatic rings. The van der Waals surface area contributed by atoms with E-state index in [9.17, 15) is 18.0 Å². The summed E-state index contributed by atoms with van der Waals surface area (Å²) < 4.78 is 31.1. The summed E-state index contributed by atoms with van der Waals surface area (Å²) in [5, 5.41) is 10.6. The minimum Gasteiger partial charge on any atom is -0.480 e. The lowest BCUT2D eigenvalue weighted by Gasteiger charge is -2.16. The van der Waals surface area contributed by atoms with E-state index < -0.39 is 39.2 Å². The van der Waals surface area contributed by atoms with Crippen LogP contribution in [0.2, 0.25) is 0 Å². The second kappa shape index (κ2) is 6.44. The average Bonchev–Trinajstić information content (AvgIpc) is 3.08. The largest absolute Gasteiger partial charge is 0.480 e. The number of nitrogens with one attached hydrogen (secondary N) is 2. The Labute approximate surface area is 126 Å². The van der Waals surface area contributed by atoms with Crippen LogP contribution in [0.4, 0.5) is 0 Å². The van der Waals surface area contributed by atoms with Crippen LogP contribution in [0.3, 0.4) is 0 Å². The van der Waals surface area contributed by atoms with Gasteiger partial charge in [0.15, 0.2) is 0 Å². The fourth-order valence-electron chi connectivity index (χ4n) is 2.55. The van der Waals surface area contributed by atoms with E-state index in [1.54, 1.807) is 0 Å². The first-order chi connectivity index (χ1) is 10.3. The van der Waals surface area contributed by atoms with Crippen molar-refractivity contribution in [3.8, 4) is 0 Å². The lowest BCUT2D eigenvalue weighted by molar-refractivity contribution is -0.142. The van der Waals surface area contributed by atoms with E-state index in [4.69, 9.17) is 9.66 Å². The summed E-state index contributed by atoms with van der Waals surface area (Å²) in [4.78, 5) is 29.9. The van der Waals surface area contributed by atoms with Gasteiger partial charge in [0.05, 0.1) is 17.3 Å². The van der Waals surface area contributed by atoms with Gasteiger partial charge in [-0.2, -0.15) is 8.42 Å². The Kier molecular flexibility index (Phi) is 4.81. The number of imidazole rings is 1. The van der Waals surface area contributed by atoms with Gasteiger partial charge in [0.25, 0.3) is 10.1 Å². The van der Waals surface area contributed by atoms with Crippen molar-refractivity contribution in [3.63, 3.8) is 0 Å². The maximum Gasteiger partial charge on any atom is 0.326 e. The molecule has 1 saturated carbocycles. The van der Waals surface area contributed by atoms with Gasteiger partial charge in [-0.3, -0.25) is 9.35 Å². The van der Waals surface area contributed by atoms with E-state index in [0.29, 0.717) is 12.1 Å². The number of aromatic amines is 1. The number of amides is 1. The van der Waals surface area contributed by atoms with Gasteiger partial charge >= 0.3 is 5.97 Å². The molecule has 9 nitrogen and oxygen atoms in total. The summed E-state index contributed by atoms with van der Waals surface area (Å²) in [5.74, 6) is -2.33. The van der Waals surface area contributed by atoms with Gasteiger partial charge in [-0.1, -0.05) is 0 Å². The third-order valence-electron chi connectivity index (χ3n) is 3.76. The topological polar surface area (TPSA) is 149 Å². The normalized spacial score (nSPS) is 23.1. The predicted molar refractivity (Wildman–Crippen MR) is 74.5 cm³/mol. The molecule has 0 aromatic carbocycles. The first-order valence-corrected chi connectivity index (χ1v) is 8.25. The molecule has 1 aliphatic rings. The Morgan fingerprint density at radius 1 is 1.45 bits per heavy atom. The molecular weight excluding hydrogens is 314 g/mol. The van der Waals surface area contributed by atoms with E-state index in [0.717, 1.165) is 0 Å². The summed E-state index contributed by atoms with van der Waals surface area (Å²) in [7, 11) is -4.17. The zero-order valence-electron chi connectivity index (χ0n) is 11.6. The van der Waals surface area contributed by atoms with Crippen molar-refractivity contribution in [2.45, 2.75) is 37.0 Å². The molecule has 2 unspecified atom stereocenters. The molecule has 1 amide bonds. The molecule has 1 fully saturated rings. The summed E-state index contributed by atoms with van der Waals surface area (Å²) >= 11 is 0. The number of carbonyl (C=O) groups excluding carboxylic acids is 1. The molecular formula is C12H17N3O6S. The first kappa shape index (κ1) is 16.4. The number of hydrogen-bond acceptors (Lipinski definition) is 5. The Morgan fingerprint density at radius 3 is 2.68 bits per heavy atom.